The van der Waals surface area contributed by atoms with Gasteiger partial charge < -0.3 is 15.8 Å². The van der Waals surface area contributed by atoms with Gasteiger partial charge in [-0.25, -0.2) is 0 Å². The van der Waals surface area contributed by atoms with Crippen LogP contribution in [0.25, 0.3) is 0 Å². The number of hydrogen-bond acceptors (Lipinski definition) is 3. The minimum Gasteiger partial charge on any atom is -0.381 e. The van der Waals surface area contributed by atoms with Crippen LogP contribution in [-0.2, 0) is 9.53 Å². The number of amides is 1. The van der Waals surface area contributed by atoms with Gasteiger partial charge in [-0.1, -0.05) is 20.3 Å². The van der Waals surface area contributed by atoms with E-state index in [0.29, 0.717) is 5.92 Å². The number of primary amides is 1. The van der Waals surface area contributed by atoms with Gasteiger partial charge in [0.2, 0.25) is 5.91 Å². The van der Waals surface area contributed by atoms with E-state index in [-0.39, 0.29) is 5.91 Å². The Morgan fingerprint density at radius 3 is 2.79 bits per heavy atom. The van der Waals surface area contributed by atoms with Crippen molar-refractivity contribution < 1.29 is 9.53 Å². The van der Waals surface area contributed by atoms with Crippen molar-refractivity contribution in [2.75, 3.05) is 20.3 Å². The molecule has 1 fully saturated rings. The summed E-state index contributed by atoms with van der Waals surface area (Å²) in [6.07, 6.45) is 6.25. The first-order chi connectivity index (χ1) is 9.03. The first-order valence-electron chi connectivity index (χ1n) is 7.59. The molecule has 0 bridgehead atoms. The number of hydrogen-bond donors (Lipinski definition) is 2. The van der Waals surface area contributed by atoms with E-state index in [1.807, 2.05) is 7.05 Å². The first kappa shape index (κ1) is 16.4. The van der Waals surface area contributed by atoms with E-state index in [1.165, 1.54) is 6.42 Å². The third kappa shape index (κ3) is 4.46. The molecular weight excluding hydrogens is 240 g/mol. The number of carbonyl (C=O) groups is 1. The standard InChI is InChI=1S/C15H30N2O2/c1-12(2)6-5-10-19-11-8-13-7-4-9-15(13,17-3)14(16)18/h12-13,17H,4-11H2,1-3H3,(H2,16,18). The lowest BCUT2D eigenvalue weighted by molar-refractivity contribution is -0.125. The summed E-state index contributed by atoms with van der Waals surface area (Å²) in [5.41, 5.74) is 5.08. The second-order valence-corrected chi connectivity index (χ2v) is 6.11. The second-order valence-electron chi connectivity index (χ2n) is 6.11. The maximum absolute atomic E-state index is 11.7. The molecule has 0 aromatic heterocycles. The van der Waals surface area contributed by atoms with Gasteiger partial charge in [-0.3, -0.25) is 4.79 Å². The van der Waals surface area contributed by atoms with Crippen LogP contribution in [0.4, 0.5) is 0 Å². The number of nitrogens with one attached hydrogen (secondary N) is 1. The summed E-state index contributed by atoms with van der Waals surface area (Å²) in [7, 11) is 1.84. The van der Waals surface area contributed by atoms with Crippen LogP contribution in [0.1, 0.15) is 52.4 Å². The minimum absolute atomic E-state index is 0.211. The van der Waals surface area contributed by atoms with Crippen molar-refractivity contribution in [1.82, 2.24) is 5.32 Å². The molecule has 1 aliphatic carbocycles. The van der Waals surface area contributed by atoms with Crippen LogP contribution in [0.3, 0.4) is 0 Å². The number of carbonyl (C=O) groups excluding carboxylic acids is 1. The molecule has 0 heterocycles. The number of nitrogens with two attached hydrogens (primary N) is 1. The van der Waals surface area contributed by atoms with E-state index in [9.17, 15) is 4.79 Å². The van der Waals surface area contributed by atoms with Gasteiger partial charge >= 0.3 is 0 Å². The van der Waals surface area contributed by atoms with Crippen LogP contribution in [-0.4, -0.2) is 31.7 Å². The lowest BCUT2D eigenvalue weighted by Gasteiger charge is -2.32. The molecule has 1 aliphatic rings. The zero-order valence-electron chi connectivity index (χ0n) is 12.7. The van der Waals surface area contributed by atoms with Gasteiger partial charge in [0.05, 0.1) is 0 Å². The molecule has 112 valence electrons. The molecule has 3 N–H and O–H groups in total. The monoisotopic (exact) mass is 270 g/mol. The molecule has 0 spiro atoms. The topological polar surface area (TPSA) is 64.3 Å². The average molecular weight is 270 g/mol. The van der Waals surface area contributed by atoms with Crippen LogP contribution in [0.2, 0.25) is 0 Å². The number of ether oxygens (including phenoxy) is 1. The maximum atomic E-state index is 11.7. The first-order valence-corrected chi connectivity index (χ1v) is 7.59. The predicted molar refractivity (Wildman–Crippen MR) is 77.8 cm³/mol. The van der Waals surface area contributed by atoms with Gasteiger partial charge in [0.1, 0.15) is 5.54 Å². The lowest BCUT2D eigenvalue weighted by atomic mass is 9.84. The van der Waals surface area contributed by atoms with E-state index >= 15 is 0 Å². The van der Waals surface area contributed by atoms with Crippen molar-refractivity contribution in [3.63, 3.8) is 0 Å². The highest BCUT2D eigenvalue weighted by atomic mass is 16.5. The maximum Gasteiger partial charge on any atom is 0.238 e. The van der Waals surface area contributed by atoms with Crippen LogP contribution in [0, 0.1) is 11.8 Å². The van der Waals surface area contributed by atoms with Gasteiger partial charge in [-0.2, -0.15) is 0 Å². The Bertz CT molecular complexity index is 281. The highest BCUT2D eigenvalue weighted by molar-refractivity contribution is 5.85. The fraction of sp³-hybridized carbons (Fsp3) is 0.933. The van der Waals surface area contributed by atoms with Crippen molar-refractivity contribution in [3.8, 4) is 0 Å². The molecule has 19 heavy (non-hydrogen) atoms. The van der Waals surface area contributed by atoms with Crippen molar-refractivity contribution in [3.05, 3.63) is 0 Å². The Labute approximate surface area is 117 Å². The summed E-state index contributed by atoms with van der Waals surface area (Å²) in [6, 6.07) is 0. The van der Waals surface area contributed by atoms with Gasteiger partial charge in [-0.15, -0.1) is 0 Å². The largest absolute Gasteiger partial charge is 0.381 e. The van der Waals surface area contributed by atoms with Crippen LogP contribution in [0.15, 0.2) is 0 Å². The van der Waals surface area contributed by atoms with E-state index in [0.717, 1.165) is 51.2 Å². The second kappa shape index (κ2) is 7.85. The molecule has 0 saturated heterocycles. The smallest absolute Gasteiger partial charge is 0.238 e. The molecule has 0 aromatic rings. The molecule has 1 saturated carbocycles. The predicted octanol–water partition coefficient (Wildman–Crippen LogP) is 2.07. The minimum atomic E-state index is -0.499. The Morgan fingerprint density at radius 2 is 2.21 bits per heavy atom. The van der Waals surface area contributed by atoms with Gasteiger partial charge in [0, 0.05) is 13.2 Å². The average Bonchev–Trinajstić information content (AvgIpc) is 2.77. The quantitative estimate of drug-likeness (QED) is 0.630. The van der Waals surface area contributed by atoms with Crippen LogP contribution >= 0.6 is 0 Å². The van der Waals surface area contributed by atoms with Crippen LogP contribution < -0.4 is 11.1 Å². The summed E-state index contributed by atoms with van der Waals surface area (Å²) in [4.78, 5) is 11.7. The third-order valence-corrected chi connectivity index (χ3v) is 4.39. The number of likely N-dealkylation sites (N-methyl/N-ethyl adjacent to an activating group) is 1. The zero-order chi connectivity index (χ0) is 14.3. The van der Waals surface area contributed by atoms with E-state index in [2.05, 4.69) is 19.2 Å². The molecule has 1 rings (SSSR count). The molecule has 0 radical (unpaired) electrons. The van der Waals surface area contributed by atoms with E-state index < -0.39 is 5.54 Å². The molecule has 2 unspecified atom stereocenters. The fourth-order valence-electron chi connectivity index (χ4n) is 3.17. The summed E-state index contributed by atoms with van der Waals surface area (Å²) < 4.78 is 5.68. The number of rotatable bonds is 9. The van der Waals surface area contributed by atoms with E-state index in [1.54, 1.807) is 0 Å². The zero-order valence-corrected chi connectivity index (χ0v) is 12.7. The molecule has 4 nitrogen and oxygen atoms in total. The molecule has 2 atom stereocenters. The Kier molecular flexibility index (Phi) is 6.80. The normalized spacial score (nSPS) is 27.1. The van der Waals surface area contributed by atoms with Gasteiger partial charge in [-0.05, 0) is 51.0 Å². The molecule has 1 amide bonds. The van der Waals surface area contributed by atoms with Crippen molar-refractivity contribution >= 4 is 5.91 Å². The molecular formula is C15H30N2O2. The fourth-order valence-corrected chi connectivity index (χ4v) is 3.17. The Hall–Kier alpha value is -0.610. The highest BCUT2D eigenvalue weighted by Gasteiger charge is 2.46. The van der Waals surface area contributed by atoms with Crippen molar-refractivity contribution in [2.24, 2.45) is 17.6 Å². The summed E-state index contributed by atoms with van der Waals surface area (Å²) in [5, 5.41) is 3.16. The highest BCUT2D eigenvalue weighted by Crippen LogP contribution is 2.37. The Morgan fingerprint density at radius 1 is 1.47 bits per heavy atom. The summed E-state index contributed by atoms with van der Waals surface area (Å²) in [5.74, 6) is 0.850. The van der Waals surface area contributed by atoms with Crippen molar-refractivity contribution in [1.29, 1.82) is 0 Å². The molecule has 4 heteroatoms. The van der Waals surface area contributed by atoms with Crippen LogP contribution in [0.5, 0.6) is 0 Å². The summed E-state index contributed by atoms with van der Waals surface area (Å²) in [6.45, 7) is 6.02. The third-order valence-electron chi connectivity index (χ3n) is 4.39. The SMILES string of the molecule is CNC1(C(N)=O)CCCC1CCOCCCC(C)C. The molecule has 0 aromatic carbocycles. The molecule has 0 aliphatic heterocycles. The van der Waals surface area contributed by atoms with E-state index in [4.69, 9.17) is 10.5 Å². The lowest BCUT2D eigenvalue weighted by Crippen LogP contribution is -2.56. The Balaban J connectivity index is 2.26. The van der Waals surface area contributed by atoms with Gasteiger partial charge in [0.15, 0.2) is 0 Å². The summed E-state index contributed by atoms with van der Waals surface area (Å²) >= 11 is 0. The van der Waals surface area contributed by atoms with Crippen molar-refractivity contribution in [2.45, 2.75) is 57.9 Å². The van der Waals surface area contributed by atoms with Gasteiger partial charge in [0.25, 0.3) is 0 Å².